The number of amides is 1. The van der Waals surface area contributed by atoms with Crippen LogP contribution < -0.4 is 4.74 Å². The van der Waals surface area contributed by atoms with E-state index >= 15 is 0 Å². The summed E-state index contributed by atoms with van der Waals surface area (Å²) in [5.74, 6) is 0.127. The Hall–Kier alpha value is -2.36. The van der Waals surface area contributed by atoms with E-state index in [1.165, 1.54) is 17.7 Å². The average Bonchev–Trinajstić information content (AvgIpc) is 3.25. The minimum atomic E-state index is -0.760. The first-order chi connectivity index (χ1) is 17.9. The number of fused-ring (bicyclic) bond motifs is 2. The number of phenols is 1. The smallest absolute Gasteiger partial charge is 0.257 e. The maximum atomic E-state index is 13.2. The van der Waals surface area contributed by atoms with Gasteiger partial charge in [0.05, 0.1) is 17.8 Å². The molecule has 1 unspecified atom stereocenters. The summed E-state index contributed by atoms with van der Waals surface area (Å²) in [5, 5.41) is 30.9. The molecule has 1 amide bonds. The van der Waals surface area contributed by atoms with Crippen LogP contribution in [-0.4, -0.2) is 83.1 Å². The van der Waals surface area contributed by atoms with Crippen LogP contribution in [0, 0.1) is 5.92 Å². The van der Waals surface area contributed by atoms with Gasteiger partial charge in [-0.2, -0.15) is 0 Å². The monoisotopic (exact) mass is 530 g/mol. The third-order valence-corrected chi connectivity index (χ3v) is 8.12. The molecule has 3 N–H and O–H groups in total. The molecule has 37 heavy (non-hydrogen) atoms. The molecule has 0 saturated carbocycles. The Labute approximate surface area is 222 Å². The zero-order valence-corrected chi connectivity index (χ0v) is 21.7. The summed E-state index contributed by atoms with van der Waals surface area (Å²) in [7, 11) is 0. The molecule has 5 rings (SSSR count). The van der Waals surface area contributed by atoms with Crippen LogP contribution in [0.1, 0.15) is 47.2 Å². The van der Waals surface area contributed by atoms with Crippen molar-refractivity contribution >= 4 is 17.5 Å². The van der Waals surface area contributed by atoms with Gasteiger partial charge < -0.3 is 34.6 Å². The third kappa shape index (κ3) is 5.73. The summed E-state index contributed by atoms with van der Waals surface area (Å²) in [6.45, 7) is 3.77. The van der Waals surface area contributed by atoms with Crippen molar-refractivity contribution in [2.75, 3.05) is 45.9 Å². The van der Waals surface area contributed by atoms with E-state index in [4.69, 9.17) is 21.1 Å². The second-order valence-corrected chi connectivity index (χ2v) is 10.9. The van der Waals surface area contributed by atoms with Crippen LogP contribution in [0.4, 0.5) is 0 Å². The molecular weight excluding hydrogens is 496 g/mol. The topological polar surface area (TPSA) is 103 Å². The number of phenolic OH excluding ortho intramolecular Hbond substituents is 1. The Bertz CT molecular complexity index is 1120. The van der Waals surface area contributed by atoms with Crippen molar-refractivity contribution in [3.8, 4) is 11.5 Å². The van der Waals surface area contributed by atoms with Gasteiger partial charge in [0.15, 0.2) is 0 Å². The van der Waals surface area contributed by atoms with Crippen LogP contribution in [0.3, 0.4) is 0 Å². The Kier molecular flexibility index (Phi) is 7.93. The summed E-state index contributed by atoms with van der Waals surface area (Å²) in [4.78, 5) is 17.1. The van der Waals surface area contributed by atoms with Crippen molar-refractivity contribution in [2.24, 2.45) is 5.92 Å². The maximum absolute atomic E-state index is 13.2. The number of aliphatic hydroxyl groups is 2. The fourth-order valence-corrected chi connectivity index (χ4v) is 6.04. The first kappa shape index (κ1) is 26.3. The van der Waals surface area contributed by atoms with Gasteiger partial charge in [0.25, 0.3) is 5.91 Å². The van der Waals surface area contributed by atoms with E-state index in [-0.39, 0.29) is 42.1 Å². The highest BCUT2D eigenvalue weighted by Crippen LogP contribution is 2.44. The number of piperidine rings is 2. The van der Waals surface area contributed by atoms with E-state index in [1.54, 1.807) is 11.0 Å². The largest absolute Gasteiger partial charge is 0.508 e. The van der Waals surface area contributed by atoms with E-state index in [2.05, 4.69) is 11.0 Å². The van der Waals surface area contributed by atoms with E-state index < -0.39 is 6.10 Å². The maximum Gasteiger partial charge on any atom is 0.257 e. The highest BCUT2D eigenvalue weighted by molar-refractivity contribution is 6.30. The third-order valence-electron chi connectivity index (χ3n) is 7.89. The van der Waals surface area contributed by atoms with E-state index in [0.29, 0.717) is 31.8 Å². The molecule has 0 bridgehead atoms. The number of aliphatic hydroxyl groups excluding tert-OH is 2. The van der Waals surface area contributed by atoms with Gasteiger partial charge in [-0.05, 0) is 67.0 Å². The predicted molar refractivity (Wildman–Crippen MR) is 139 cm³/mol. The molecule has 3 aliphatic heterocycles. The SMILES string of the molecule is O=C(c1ccc(O)cc1OC[C@@H](O)CN1CCC2(CC1)OCc1cc(Cl)ccc12)N1CCCC(CO)C1. The standard InChI is InChI=1S/C28H35ClN2O6/c29-21-3-6-25-20(12-21)17-37-28(25)7-10-30(11-8-28)15-23(34)18-36-26-13-22(33)4-5-24(26)27(35)31-9-1-2-19(14-31)16-32/h3-6,12-13,19,23,32-34H,1-2,7-11,14-18H2/t19?,23-/m0/s1. The van der Waals surface area contributed by atoms with E-state index in [0.717, 1.165) is 49.4 Å². The molecule has 8 nitrogen and oxygen atoms in total. The van der Waals surface area contributed by atoms with Crippen molar-refractivity contribution in [2.45, 2.75) is 44.0 Å². The molecule has 0 radical (unpaired) electrons. The summed E-state index contributed by atoms with van der Waals surface area (Å²) < 4.78 is 12.1. The predicted octanol–water partition coefficient (Wildman–Crippen LogP) is 3.15. The summed E-state index contributed by atoms with van der Waals surface area (Å²) in [5.41, 5.74) is 2.45. The number of nitrogens with zero attached hydrogens (tertiary/aromatic N) is 2. The molecule has 2 aromatic carbocycles. The van der Waals surface area contributed by atoms with Crippen molar-refractivity contribution in [3.05, 3.63) is 58.1 Å². The minimum Gasteiger partial charge on any atom is -0.508 e. The first-order valence-electron chi connectivity index (χ1n) is 13.1. The van der Waals surface area contributed by atoms with Crippen LogP contribution in [0.5, 0.6) is 11.5 Å². The minimum absolute atomic E-state index is 0.00245. The Morgan fingerprint density at radius 3 is 2.78 bits per heavy atom. The lowest BCUT2D eigenvalue weighted by Gasteiger charge is -2.39. The van der Waals surface area contributed by atoms with Gasteiger partial charge in [-0.1, -0.05) is 17.7 Å². The number of aromatic hydroxyl groups is 1. The van der Waals surface area contributed by atoms with Crippen molar-refractivity contribution in [1.29, 1.82) is 0 Å². The lowest BCUT2D eigenvalue weighted by atomic mass is 9.84. The molecule has 3 heterocycles. The zero-order valence-electron chi connectivity index (χ0n) is 20.9. The molecule has 9 heteroatoms. The molecule has 2 fully saturated rings. The van der Waals surface area contributed by atoms with Gasteiger partial charge in [0.1, 0.15) is 24.2 Å². The molecule has 200 valence electrons. The number of carbonyl (C=O) groups excluding carboxylic acids is 1. The number of rotatable bonds is 7. The molecule has 2 aromatic rings. The summed E-state index contributed by atoms with van der Waals surface area (Å²) >= 11 is 6.14. The van der Waals surface area contributed by atoms with Gasteiger partial charge in [0, 0.05) is 50.4 Å². The number of hydrogen-bond acceptors (Lipinski definition) is 7. The van der Waals surface area contributed by atoms with E-state index in [9.17, 15) is 20.1 Å². The second-order valence-electron chi connectivity index (χ2n) is 10.5. The van der Waals surface area contributed by atoms with Gasteiger partial charge in [-0.25, -0.2) is 0 Å². The van der Waals surface area contributed by atoms with Gasteiger partial charge in [0.2, 0.25) is 0 Å². The summed E-state index contributed by atoms with van der Waals surface area (Å²) in [6, 6.07) is 10.4. The number of β-amino-alcohol motifs (C(OH)–C–C–N with tert-alkyl or cyclic N) is 1. The van der Waals surface area contributed by atoms with Gasteiger partial charge >= 0.3 is 0 Å². The Balaban J connectivity index is 1.16. The number of carbonyl (C=O) groups is 1. The Morgan fingerprint density at radius 2 is 2.00 bits per heavy atom. The van der Waals surface area contributed by atoms with Crippen LogP contribution in [0.25, 0.3) is 0 Å². The fraction of sp³-hybridized carbons (Fsp3) is 0.536. The number of benzene rings is 2. The highest BCUT2D eigenvalue weighted by atomic mass is 35.5. The molecular formula is C28H35ClN2O6. The van der Waals surface area contributed by atoms with Crippen LogP contribution in [0.2, 0.25) is 5.02 Å². The molecule has 1 spiro atoms. The normalized spacial score (nSPS) is 22.1. The van der Waals surface area contributed by atoms with Crippen LogP contribution in [0.15, 0.2) is 36.4 Å². The van der Waals surface area contributed by atoms with Crippen LogP contribution in [-0.2, 0) is 16.9 Å². The molecule has 2 saturated heterocycles. The lowest BCUT2D eigenvalue weighted by Crippen LogP contribution is -2.46. The quantitative estimate of drug-likeness (QED) is 0.505. The van der Waals surface area contributed by atoms with Gasteiger partial charge in [-0.15, -0.1) is 0 Å². The first-order valence-corrected chi connectivity index (χ1v) is 13.4. The molecule has 2 atom stereocenters. The average molecular weight is 531 g/mol. The fourth-order valence-electron chi connectivity index (χ4n) is 5.84. The van der Waals surface area contributed by atoms with Crippen molar-refractivity contribution < 1.29 is 29.6 Å². The lowest BCUT2D eigenvalue weighted by molar-refractivity contribution is -0.0835. The molecule has 0 aliphatic carbocycles. The summed E-state index contributed by atoms with van der Waals surface area (Å²) in [6.07, 6.45) is 2.65. The number of ether oxygens (including phenoxy) is 2. The highest BCUT2D eigenvalue weighted by Gasteiger charge is 2.42. The van der Waals surface area contributed by atoms with Crippen LogP contribution >= 0.6 is 11.6 Å². The van der Waals surface area contributed by atoms with Gasteiger partial charge in [-0.3, -0.25) is 4.79 Å². The molecule has 0 aromatic heterocycles. The number of likely N-dealkylation sites (tertiary alicyclic amines) is 2. The van der Waals surface area contributed by atoms with Crippen molar-refractivity contribution in [1.82, 2.24) is 9.80 Å². The second kappa shape index (κ2) is 11.2. The zero-order chi connectivity index (χ0) is 26.0. The number of halogens is 1. The molecule has 3 aliphatic rings. The van der Waals surface area contributed by atoms with Crippen molar-refractivity contribution in [3.63, 3.8) is 0 Å². The van der Waals surface area contributed by atoms with E-state index in [1.807, 2.05) is 12.1 Å². The number of hydrogen-bond donors (Lipinski definition) is 3. The Morgan fingerprint density at radius 1 is 1.19 bits per heavy atom.